The molecular formula is C28H27N2O4+. The van der Waals surface area contributed by atoms with E-state index < -0.39 is 17.2 Å². The Morgan fingerprint density at radius 2 is 1.88 bits per heavy atom. The number of aliphatic hydroxyl groups is 1. The van der Waals surface area contributed by atoms with Crippen molar-refractivity contribution in [3.63, 3.8) is 0 Å². The smallest absolute Gasteiger partial charge is 0.288 e. The highest BCUT2D eigenvalue weighted by molar-refractivity contribution is 5.99. The summed E-state index contributed by atoms with van der Waals surface area (Å²) in [6.07, 6.45) is 0.359. The number of nitrogens with one attached hydrogen (secondary N) is 1. The van der Waals surface area contributed by atoms with E-state index in [0.717, 1.165) is 33.3 Å². The summed E-state index contributed by atoms with van der Waals surface area (Å²) in [4.78, 5) is 13.7. The lowest BCUT2D eigenvalue weighted by atomic mass is 9.83. The van der Waals surface area contributed by atoms with Gasteiger partial charge >= 0.3 is 0 Å². The minimum absolute atomic E-state index is 0.232. The number of carbonyl (C=O) groups is 1. The highest BCUT2D eigenvalue weighted by Gasteiger charge is 2.67. The number of amides is 1. The first-order valence-corrected chi connectivity index (χ1v) is 11.6. The number of ether oxygens (including phenoxy) is 1. The third-order valence-electron chi connectivity index (χ3n) is 7.43. The highest BCUT2D eigenvalue weighted by Crippen LogP contribution is 2.59. The molecule has 0 saturated heterocycles. The highest BCUT2D eigenvalue weighted by atomic mass is 16.6. The van der Waals surface area contributed by atoms with Crippen LogP contribution in [0.3, 0.4) is 0 Å². The van der Waals surface area contributed by atoms with Crippen molar-refractivity contribution in [3.8, 4) is 5.75 Å². The molecule has 172 valence electrons. The fraction of sp³-hybridized carbons (Fsp3) is 0.250. The Kier molecular flexibility index (Phi) is 4.28. The number of carbonyl (C=O) groups excluding carboxylic acids is 1. The fourth-order valence-electron chi connectivity index (χ4n) is 5.53. The van der Waals surface area contributed by atoms with E-state index >= 15 is 0 Å². The summed E-state index contributed by atoms with van der Waals surface area (Å²) in [5.41, 5.74) is 8.52. The van der Waals surface area contributed by atoms with Crippen molar-refractivity contribution in [1.82, 2.24) is 5.32 Å². The van der Waals surface area contributed by atoms with Gasteiger partial charge in [0.1, 0.15) is 22.6 Å². The molecule has 0 bridgehead atoms. The largest absolute Gasteiger partial charge is 0.455 e. The maximum Gasteiger partial charge on any atom is 0.288 e. The Morgan fingerprint density at radius 1 is 1.09 bits per heavy atom. The van der Waals surface area contributed by atoms with Crippen LogP contribution in [-0.4, -0.2) is 11.0 Å². The molecule has 1 aliphatic heterocycles. The lowest BCUT2D eigenvalue weighted by Crippen LogP contribution is -2.57. The summed E-state index contributed by atoms with van der Waals surface area (Å²) in [6, 6.07) is 19.1. The van der Waals surface area contributed by atoms with E-state index in [4.69, 9.17) is 9.15 Å². The zero-order valence-corrected chi connectivity index (χ0v) is 19.4. The molecule has 6 heteroatoms. The number of furan rings is 1. The summed E-state index contributed by atoms with van der Waals surface area (Å²) in [5.74, 6) is -1.04. The van der Waals surface area contributed by atoms with Crippen molar-refractivity contribution in [2.45, 2.75) is 44.4 Å². The van der Waals surface area contributed by atoms with Crippen LogP contribution >= 0.6 is 0 Å². The van der Waals surface area contributed by atoms with Gasteiger partial charge in [-0.15, -0.1) is 0 Å². The average Bonchev–Trinajstić information content (AvgIpc) is 3.36. The van der Waals surface area contributed by atoms with Crippen LogP contribution in [0.1, 0.15) is 58.1 Å². The number of para-hydroxylation sites is 1. The van der Waals surface area contributed by atoms with Crippen molar-refractivity contribution in [3.05, 3.63) is 94.2 Å². The van der Waals surface area contributed by atoms with Crippen molar-refractivity contribution in [2.24, 2.45) is 0 Å². The van der Waals surface area contributed by atoms with Crippen molar-refractivity contribution in [1.29, 1.82) is 0 Å². The molecule has 34 heavy (non-hydrogen) atoms. The Morgan fingerprint density at radius 3 is 2.65 bits per heavy atom. The number of fused-ring (bicyclic) bond motifs is 6. The molecule has 2 atom stereocenters. The second-order valence-electron chi connectivity index (χ2n) is 9.69. The Labute approximate surface area is 197 Å². The van der Waals surface area contributed by atoms with Gasteiger partial charge in [-0.1, -0.05) is 56.3 Å². The van der Waals surface area contributed by atoms with Crippen molar-refractivity contribution in [2.75, 3.05) is 0 Å². The molecule has 1 aliphatic carbocycles. The van der Waals surface area contributed by atoms with Crippen LogP contribution in [0.2, 0.25) is 0 Å². The van der Waals surface area contributed by atoms with Gasteiger partial charge < -0.3 is 25.3 Å². The molecule has 1 aromatic heterocycles. The summed E-state index contributed by atoms with van der Waals surface area (Å²) in [5, 5.41) is 16.2. The van der Waals surface area contributed by atoms with E-state index in [1.165, 1.54) is 0 Å². The molecule has 1 amide bonds. The molecule has 5 N–H and O–H groups in total. The van der Waals surface area contributed by atoms with Crippen LogP contribution in [0.5, 0.6) is 5.75 Å². The normalized spacial score (nSPS) is 22.4. The molecule has 0 fully saturated rings. The predicted octanol–water partition coefficient (Wildman–Crippen LogP) is 4.16. The van der Waals surface area contributed by atoms with Crippen LogP contribution in [-0.2, 0) is 17.7 Å². The van der Waals surface area contributed by atoms with Crippen LogP contribution < -0.4 is 15.8 Å². The van der Waals surface area contributed by atoms with E-state index in [9.17, 15) is 9.90 Å². The molecule has 0 spiro atoms. The average molecular weight is 456 g/mol. The van der Waals surface area contributed by atoms with Crippen molar-refractivity contribution >= 4 is 22.6 Å². The summed E-state index contributed by atoms with van der Waals surface area (Å²) in [7, 11) is 0. The van der Waals surface area contributed by atoms with Gasteiger partial charge in [0.15, 0.2) is 5.76 Å². The monoisotopic (exact) mass is 455 g/mol. The van der Waals surface area contributed by atoms with E-state index in [1.807, 2.05) is 67.6 Å². The standard InChI is InChI=1S/C28H26N2O4/c1-15(2)17-11-12-21-24(13-17)34-28(32)20-8-6-9-22(29)19(20)14-27(21,28)30-26(31)25-16(3)18-7-4-5-10-23(18)33-25/h4-13,15,32H,14,29H2,1-3H3,(H,30,31)/p+1. The van der Waals surface area contributed by atoms with Crippen LogP contribution in [0.25, 0.3) is 11.0 Å². The number of hydrogen-bond acceptors (Lipinski definition) is 4. The van der Waals surface area contributed by atoms with Crippen LogP contribution in [0, 0.1) is 6.92 Å². The van der Waals surface area contributed by atoms with Crippen LogP contribution in [0.4, 0.5) is 5.69 Å². The summed E-state index contributed by atoms with van der Waals surface area (Å²) < 4.78 is 12.2. The minimum Gasteiger partial charge on any atom is -0.455 e. The molecule has 2 aliphatic rings. The molecule has 4 aromatic rings. The molecule has 2 unspecified atom stereocenters. The zero-order chi connectivity index (χ0) is 23.8. The number of aryl methyl sites for hydroxylation is 1. The van der Waals surface area contributed by atoms with Gasteiger partial charge in [0.05, 0.1) is 0 Å². The topological polar surface area (TPSA) is 99.3 Å². The zero-order valence-electron chi connectivity index (χ0n) is 19.4. The predicted molar refractivity (Wildman–Crippen MR) is 128 cm³/mol. The van der Waals surface area contributed by atoms with Gasteiger partial charge in [0.2, 0.25) is 0 Å². The lowest BCUT2D eigenvalue weighted by molar-refractivity contribution is -0.255. The lowest BCUT2D eigenvalue weighted by Gasteiger charge is -2.35. The second-order valence-corrected chi connectivity index (χ2v) is 9.69. The molecule has 2 heterocycles. The van der Waals surface area contributed by atoms with E-state index in [0.29, 0.717) is 29.2 Å². The molecule has 0 saturated carbocycles. The van der Waals surface area contributed by atoms with E-state index in [2.05, 4.69) is 24.9 Å². The number of rotatable bonds is 3. The third-order valence-corrected chi connectivity index (χ3v) is 7.43. The van der Waals surface area contributed by atoms with Gasteiger partial charge in [0, 0.05) is 34.1 Å². The number of benzene rings is 3. The maximum absolute atomic E-state index is 13.7. The Balaban J connectivity index is 1.52. The first-order chi connectivity index (χ1) is 16.2. The first kappa shape index (κ1) is 21.0. The van der Waals surface area contributed by atoms with Gasteiger partial charge in [-0.3, -0.25) is 4.79 Å². The van der Waals surface area contributed by atoms with Crippen LogP contribution in [0.15, 0.2) is 65.1 Å². The Hall–Kier alpha value is -3.61. The molecule has 6 nitrogen and oxygen atoms in total. The molecule has 6 rings (SSSR count). The SMILES string of the molecule is Cc1c(C(=O)NC23Cc4c([NH3+])cccc4C2(O)Oc2cc(C(C)C)ccc23)oc2ccccc12. The number of hydrogen-bond donors (Lipinski definition) is 3. The maximum atomic E-state index is 13.7. The van der Waals surface area contributed by atoms with E-state index in [-0.39, 0.29) is 5.76 Å². The quantitative estimate of drug-likeness (QED) is 0.432. The second kappa shape index (κ2) is 6.95. The van der Waals surface area contributed by atoms with Gasteiger partial charge in [0.25, 0.3) is 11.7 Å². The summed E-state index contributed by atoms with van der Waals surface area (Å²) in [6.45, 7) is 6.09. The van der Waals surface area contributed by atoms with Crippen molar-refractivity contribution < 1.29 is 24.8 Å². The van der Waals surface area contributed by atoms with E-state index in [1.54, 1.807) is 0 Å². The third kappa shape index (κ3) is 2.61. The Bertz CT molecular complexity index is 1490. The summed E-state index contributed by atoms with van der Waals surface area (Å²) >= 11 is 0. The molecular weight excluding hydrogens is 428 g/mol. The fourth-order valence-corrected chi connectivity index (χ4v) is 5.53. The van der Waals surface area contributed by atoms with Gasteiger partial charge in [-0.05, 0) is 36.6 Å². The first-order valence-electron chi connectivity index (χ1n) is 11.6. The minimum atomic E-state index is -1.76. The van der Waals surface area contributed by atoms with Gasteiger partial charge in [-0.25, -0.2) is 0 Å². The molecule has 0 radical (unpaired) electrons. The number of quaternary nitrogens is 1. The molecule has 3 aromatic carbocycles. The van der Waals surface area contributed by atoms with Gasteiger partial charge in [-0.2, -0.15) is 0 Å².